The highest BCUT2D eigenvalue weighted by atomic mass is 32.2. The molecule has 4 N–H and O–H groups in total. The van der Waals surface area contributed by atoms with Gasteiger partial charge >= 0.3 is 11.9 Å². The van der Waals surface area contributed by atoms with Crippen molar-refractivity contribution in [3.8, 4) is 11.1 Å². The molecule has 0 aromatic heterocycles. The van der Waals surface area contributed by atoms with E-state index in [1.807, 2.05) is 0 Å². The van der Waals surface area contributed by atoms with Gasteiger partial charge in [0.2, 0.25) is 0 Å². The summed E-state index contributed by atoms with van der Waals surface area (Å²) in [5.74, 6) is -3.09. The van der Waals surface area contributed by atoms with Crippen molar-refractivity contribution in [3.63, 3.8) is 0 Å². The van der Waals surface area contributed by atoms with E-state index >= 15 is 4.39 Å². The number of carboxylic acids is 1. The summed E-state index contributed by atoms with van der Waals surface area (Å²) in [5, 5.41) is 12.2. The SMILES string of the molecule is COC(=O)c1cc(-c2ccc(C(C)=C3SC(=Nc4ccc(C(C)C(=O)O)cc4)NC3=O)c(F)c2)ccc1N. The number of carbonyl (C=O) groups excluding carboxylic acids is 2. The Morgan fingerprint density at radius 3 is 2.34 bits per heavy atom. The zero-order valence-electron chi connectivity index (χ0n) is 20.7. The molecule has 0 bridgehead atoms. The molecule has 0 aliphatic carbocycles. The fourth-order valence-corrected chi connectivity index (χ4v) is 4.76. The van der Waals surface area contributed by atoms with Crippen LogP contribution in [0.2, 0.25) is 0 Å². The molecular formula is C28H24FN3O5S. The van der Waals surface area contributed by atoms with E-state index in [1.54, 1.807) is 68.4 Å². The van der Waals surface area contributed by atoms with Crippen LogP contribution in [0, 0.1) is 5.82 Å². The predicted molar refractivity (Wildman–Crippen MR) is 146 cm³/mol. The molecule has 10 heteroatoms. The first-order chi connectivity index (χ1) is 18.1. The average Bonchev–Trinajstić information content (AvgIpc) is 3.27. The third kappa shape index (κ3) is 5.45. The monoisotopic (exact) mass is 533 g/mol. The fraction of sp³-hybridized carbons (Fsp3) is 0.143. The van der Waals surface area contributed by atoms with Crippen molar-refractivity contribution in [2.45, 2.75) is 19.8 Å². The minimum atomic E-state index is -0.924. The number of anilines is 1. The van der Waals surface area contributed by atoms with E-state index in [0.29, 0.717) is 38.0 Å². The number of benzene rings is 3. The van der Waals surface area contributed by atoms with Gasteiger partial charge in [0.25, 0.3) is 5.91 Å². The zero-order chi connectivity index (χ0) is 27.6. The normalized spacial score (nSPS) is 16.2. The lowest BCUT2D eigenvalue weighted by molar-refractivity contribution is -0.138. The number of rotatable bonds is 6. The number of hydrogen-bond acceptors (Lipinski definition) is 7. The molecule has 0 saturated carbocycles. The quantitative estimate of drug-likeness (QED) is 0.222. The Kier molecular flexibility index (Phi) is 7.63. The van der Waals surface area contributed by atoms with E-state index in [2.05, 4.69) is 10.3 Å². The molecule has 38 heavy (non-hydrogen) atoms. The number of amides is 1. The number of ether oxygens (including phenoxy) is 1. The number of methoxy groups -OCH3 is 1. The summed E-state index contributed by atoms with van der Waals surface area (Å²) >= 11 is 1.09. The lowest BCUT2D eigenvalue weighted by atomic mass is 9.98. The minimum Gasteiger partial charge on any atom is -0.481 e. The first kappa shape index (κ1) is 26.6. The van der Waals surface area contributed by atoms with Gasteiger partial charge in [-0.2, -0.15) is 0 Å². The van der Waals surface area contributed by atoms with Crippen LogP contribution in [0.3, 0.4) is 0 Å². The van der Waals surface area contributed by atoms with Crippen LogP contribution < -0.4 is 11.1 Å². The van der Waals surface area contributed by atoms with Gasteiger partial charge in [-0.05, 0) is 78.2 Å². The summed E-state index contributed by atoms with van der Waals surface area (Å²) in [6.07, 6.45) is 0. The number of hydrogen-bond donors (Lipinski definition) is 3. The van der Waals surface area contributed by atoms with Crippen molar-refractivity contribution in [3.05, 3.63) is 88.1 Å². The number of nitrogens with two attached hydrogens (primary N) is 1. The summed E-state index contributed by atoms with van der Waals surface area (Å²) in [6, 6.07) is 16.1. The van der Waals surface area contributed by atoms with Crippen LogP contribution in [0.15, 0.2) is 70.6 Å². The van der Waals surface area contributed by atoms with Gasteiger partial charge < -0.3 is 20.9 Å². The Hall–Kier alpha value is -4.44. The van der Waals surface area contributed by atoms with Gasteiger partial charge in [0.05, 0.1) is 29.2 Å². The Labute approximate surface area is 222 Å². The second kappa shape index (κ2) is 10.9. The maximum atomic E-state index is 15.2. The maximum Gasteiger partial charge on any atom is 0.339 e. The molecule has 0 spiro atoms. The van der Waals surface area contributed by atoms with E-state index in [1.165, 1.54) is 13.2 Å². The number of carboxylic acid groups (broad SMARTS) is 1. The van der Waals surface area contributed by atoms with Crippen molar-refractivity contribution < 1.29 is 28.6 Å². The summed E-state index contributed by atoms with van der Waals surface area (Å²) < 4.78 is 20.0. The van der Waals surface area contributed by atoms with E-state index < -0.39 is 29.6 Å². The first-order valence-electron chi connectivity index (χ1n) is 11.5. The number of allylic oxidation sites excluding steroid dienone is 1. The van der Waals surface area contributed by atoms with Crippen LogP contribution in [0.5, 0.6) is 0 Å². The lowest BCUT2D eigenvalue weighted by Crippen LogP contribution is -2.19. The van der Waals surface area contributed by atoms with Gasteiger partial charge in [-0.1, -0.05) is 30.3 Å². The summed E-state index contributed by atoms with van der Waals surface area (Å²) in [6.45, 7) is 3.25. The molecule has 1 aliphatic heterocycles. The van der Waals surface area contributed by atoms with Crippen molar-refractivity contribution in [2.24, 2.45) is 4.99 Å². The predicted octanol–water partition coefficient (Wildman–Crippen LogP) is 5.33. The number of aliphatic carboxylic acids is 1. The lowest BCUT2D eigenvalue weighted by Gasteiger charge is -2.10. The van der Waals surface area contributed by atoms with E-state index in [4.69, 9.17) is 15.6 Å². The fourth-order valence-electron chi connectivity index (χ4n) is 3.86. The molecule has 1 fully saturated rings. The van der Waals surface area contributed by atoms with Crippen LogP contribution in [0.1, 0.15) is 41.3 Å². The molecular weight excluding hydrogens is 509 g/mol. The highest BCUT2D eigenvalue weighted by Crippen LogP contribution is 2.35. The van der Waals surface area contributed by atoms with Gasteiger partial charge in [0.1, 0.15) is 5.82 Å². The minimum absolute atomic E-state index is 0.185. The van der Waals surface area contributed by atoms with Gasteiger partial charge in [-0.15, -0.1) is 0 Å². The maximum absolute atomic E-state index is 15.2. The average molecular weight is 534 g/mol. The van der Waals surface area contributed by atoms with Gasteiger partial charge in [-0.25, -0.2) is 14.2 Å². The number of thioether (sulfide) groups is 1. The zero-order valence-corrected chi connectivity index (χ0v) is 21.6. The smallest absolute Gasteiger partial charge is 0.339 e. The van der Waals surface area contributed by atoms with E-state index in [9.17, 15) is 14.4 Å². The van der Waals surface area contributed by atoms with Crippen LogP contribution in [-0.4, -0.2) is 35.2 Å². The molecule has 1 saturated heterocycles. The summed E-state index contributed by atoms with van der Waals surface area (Å²) in [5.41, 5.74) is 9.29. The van der Waals surface area contributed by atoms with Gasteiger partial charge in [0, 0.05) is 11.3 Å². The molecule has 4 rings (SSSR count). The molecule has 3 aromatic carbocycles. The largest absolute Gasteiger partial charge is 0.481 e. The highest BCUT2D eigenvalue weighted by Gasteiger charge is 2.27. The van der Waals surface area contributed by atoms with Crippen LogP contribution in [0.4, 0.5) is 15.8 Å². The molecule has 1 heterocycles. The Balaban J connectivity index is 1.58. The van der Waals surface area contributed by atoms with Gasteiger partial charge in [-0.3, -0.25) is 9.59 Å². The van der Waals surface area contributed by atoms with Crippen molar-refractivity contribution in [1.29, 1.82) is 0 Å². The molecule has 1 aliphatic rings. The topological polar surface area (TPSA) is 131 Å². The Morgan fingerprint density at radius 1 is 1.05 bits per heavy atom. The molecule has 1 atom stereocenters. The molecule has 3 aromatic rings. The molecule has 1 unspecified atom stereocenters. The summed E-state index contributed by atoms with van der Waals surface area (Å²) in [7, 11) is 1.25. The van der Waals surface area contributed by atoms with Crippen molar-refractivity contribution in [2.75, 3.05) is 12.8 Å². The first-order valence-corrected chi connectivity index (χ1v) is 12.3. The third-order valence-corrected chi connectivity index (χ3v) is 7.21. The third-order valence-electron chi connectivity index (χ3n) is 6.13. The number of nitrogens with zero attached hydrogens (tertiary/aromatic N) is 1. The molecule has 8 nitrogen and oxygen atoms in total. The number of halogens is 1. The molecule has 0 radical (unpaired) electrons. The number of aliphatic imine (C=N–C) groups is 1. The van der Waals surface area contributed by atoms with Crippen molar-refractivity contribution in [1.82, 2.24) is 5.32 Å². The van der Waals surface area contributed by atoms with Crippen LogP contribution in [0.25, 0.3) is 16.7 Å². The standard InChI is InChI=1S/C28H24FN3O5S/c1-14(26(34)35)16-4-8-19(9-5-16)31-28-32-25(33)24(38-28)15(2)20-10-6-18(13-22(20)29)17-7-11-23(30)21(12-17)27(36)37-3/h4-14H,30H2,1-3H3,(H,34,35)(H,31,32,33). The van der Waals surface area contributed by atoms with Crippen molar-refractivity contribution >= 4 is 51.7 Å². The second-order valence-electron chi connectivity index (χ2n) is 8.57. The number of nitrogens with one attached hydrogen (secondary N) is 1. The van der Waals surface area contributed by atoms with E-state index in [0.717, 1.165) is 11.8 Å². The number of amidine groups is 1. The van der Waals surface area contributed by atoms with Crippen LogP contribution >= 0.6 is 11.8 Å². The van der Waals surface area contributed by atoms with E-state index in [-0.39, 0.29) is 16.8 Å². The highest BCUT2D eigenvalue weighted by molar-refractivity contribution is 8.18. The van der Waals surface area contributed by atoms with Crippen LogP contribution in [-0.2, 0) is 14.3 Å². The number of carbonyl (C=O) groups is 3. The molecule has 194 valence electrons. The Morgan fingerprint density at radius 2 is 1.71 bits per heavy atom. The Bertz CT molecular complexity index is 1520. The van der Waals surface area contributed by atoms with Gasteiger partial charge in [0.15, 0.2) is 5.17 Å². The summed E-state index contributed by atoms with van der Waals surface area (Å²) in [4.78, 5) is 40.5. The number of nitrogen functional groups attached to an aromatic ring is 1. The second-order valence-corrected chi connectivity index (χ2v) is 9.57. The number of esters is 1. The molecule has 1 amide bonds.